The maximum absolute atomic E-state index is 13.4. The van der Waals surface area contributed by atoms with E-state index in [-0.39, 0.29) is 5.91 Å². The van der Waals surface area contributed by atoms with E-state index in [0.29, 0.717) is 29.4 Å². The van der Waals surface area contributed by atoms with Crippen molar-refractivity contribution in [1.29, 1.82) is 0 Å². The SMILES string of the molecule is Cc1cc(Nc2cncc(C(=O)N(Cc3ccccc3)c3ccccc3)c2)no1. The van der Waals surface area contributed by atoms with Gasteiger partial charge in [-0.25, -0.2) is 0 Å². The molecule has 2 aromatic carbocycles. The molecule has 0 aliphatic rings. The average molecular weight is 384 g/mol. The Labute approximate surface area is 168 Å². The Kier molecular flexibility index (Phi) is 5.33. The van der Waals surface area contributed by atoms with Crippen molar-refractivity contribution in [2.75, 3.05) is 10.2 Å². The fourth-order valence-corrected chi connectivity index (χ4v) is 3.01. The van der Waals surface area contributed by atoms with Crippen LogP contribution < -0.4 is 10.2 Å². The smallest absolute Gasteiger partial charge is 0.260 e. The quantitative estimate of drug-likeness (QED) is 0.508. The van der Waals surface area contributed by atoms with Crippen LogP contribution in [0, 0.1) is 6.92 Å². The summed E-state index contributed by atoms with van der Waals surface area (Å²) in [6.45, 7) is 2.28. The molecule has 0 aliphatic heterocycles. The minimum atomic E-state index is -0.132. The fourth-order valence-electron chi connectivity index (χ4n) is 3.01. The van der Waals surface area contributed by atoms with E-state index < -0.39 is 0 Å². The minimum Gasteiger partial charge on any atom is -0.360 e. The highest BCUT2D eigenvalue weighted by atomic mass is 16.5. The van der Waals surface area contributed by atoms with Crippen LogP contribution in [-0.4, -0.2) is 16.0 Å². The summed E-state index contributed by atoms with van der Waals surface area (Å²) >= 11 is 0. The van der Waals surface area contributed by atoms with Crippen molar-refractivity contribution >= 4 is 23.1 Å². The number of carbonyl (C=O) groups excluding carboxylic acids is 1. The van der Waals surface area contributed by atoms with Crippen LogP contribution in [0.15, 0.2) is 89.7 Å². The summed E-state index contributed by atoms with van der Waals surface area (Å²) < 4.78 is 5.07. The molecule has 0 aliphatic carbocycles. The number of nitrogens with zero attached hydrogens (tertiary/aromatic N) is 3. The lowest BCUT2D eigenvalue weighted by Gasteiger charge is -2.23. The van der Waals surface area contributed by atoms with Crippen LogP contribution in [0.4, 0.5) is 17.2 Å². The van der Waals surface area contributed by atoms with Crippen molar-refractivity contribution in [2.45, 2.75) is 13.5 Å². The Morgan fingerprint density at radius 2 is 1.72 bits per heavy atom. The van der Waals surface area contributed by atoms with E-state index >= 15 is 0 Å². The number of benzene rings is 2. The fraction of sp³-hybridized carbons (Fsp3) is 0.0870. The zero-order chi connectivity index (χ0) is 20.1. The van der Waals surface area contributed by atoms with E-state index in [2.05, 4.69) is 15.5 Å². The molecule has 1 N–H and O–H groups in total. The molecule has 1 amide bonds. The van der Waals surface area contributed by atoms with Crippen molar-refractivity contribution in [3.8, 4) is 0 Å². The lowest BCUT2D eigenvalue weighted by Crippen LogP contribution is -2.30. The van der Waals surface area contributed by atoms with Gasteiger partial charge in [-0.2, -0.15) is 0 Å². The monoisotopic (exact) mass is 384 g/mol. The maximum atomic E-state index is 13.4. The molecule has 0 saturated heterocycles. The number of rotatable bonds is 6. The van der Waals surface area contributed by atoms with Crippen molar-refractivity contribution in [1.82, 2.24) is 10.1 Å². The first-order chi connectivity index (χ1) is 14.2. The van der Waals surface area contributed by atoms with Gasteiger partial charge in [-0.3, -0.25) is 9.78 Å². The second-order valence-electron chi connectivity index (χ2n) is 6.62. The Balaban J connectivity index is 1.62. The molecule has 0 unspecified atom stereocenters. The van der Waals surface area contributed by atoms with Gasteiger partial charge < -0.3 is 14.7 Å². The molecule has 144 valence electrons. The Bertz CT molecular complexity index is 1090. The first-order valence-electron chi connectivity index (χ1n) is 9.25. The third kappa shape index (κ3) is 4.50. The van der Waals surface area contributed by atoms with Crippen molar-refractivity contribution < 1.29 is 9.32 Å². The number of nitrogens with one attached hydrogen (secondary N) is 1. The van der Waals surface area contributed by atoms with Gasteiger partial charge in [0, 0.05) is 18.0 Å². The van der Waals surface area contributed by atoms with Crippen LogP contribution in [0.3, 0.4) is 0 Å². The van der Waals surface area contributed by atoms with E-state index in [9.17, 15) is 4.79 Å². The number of carbonyl (C=O) groups is 1. The van der Waals surface area contributed by atoms with Crippen LogP contribution in [0.1, 0.15) is 21.7 Å². The molecular weight excluding hydrogens is 364 g/mol. The van der Waals surface area contributed by atoms with Crippen LogP contribution in [-0.2, 0) is 6.54 Å². The lowest BCUT2D eigenvalue weighted by molar-refractivity contribution is 0.0985. The van der Waals surface area contributed by atoms with E-state index in [1.54, 1.807) is 29.4 Å². The van der Waals surface area contributed by atoms with E-state index in [4.69, 9.17) is 4.52 Å². The normalized spacial score (nSPS) is 10.5. The highest BCUT2D eigenvalue weighted by Crippen LogP contribution is 2.22. The number of hydrogen-bond donors (Lipinski definition) is 1. The Morgan fingerprint density at radius 3 is 2.41 bits per heavy atom. The molecule has 0 saturated carbocycles. The molecule has 6 nitrogen and oxygen atoms in total. The topological polar surface area (TPSA) is 71.3 Å². The number of anilines is 3. The van der Waals surface area contributed by atoms with Gasteiger partial charge in [-0.05, 0) is 30.7 Å². The van der Waals surface area contributed by atoms with Gasteiger partial charge in [0.15, 0.2) is 5.82 Å². The predicted molar refractivity (Wildman–Crippen MR) is 112 cm³/mol. The summed E-state index contributed by atoms with van der Waals surface area (Å²) in [5.41, 5.74) is 3.02. The van der Waals surface area contributed by atoms with Crippen molar-refractivity contribution in [3.63, 3.8) is 0 Å². The third-order valence-corrected chi connectivity index (χ3v) is 4.38. The molecule has 0 atom stereocenters. The van der Waals surface area contributed by atoms with Crippen molar-refractivity contribution in [2.24, 2.45) is 0 Å². The van der Waals surface area contributed by atoms with Crippen LogP contribution in [0.25, 0.3) is 0 Å². The van der Waals surface area contributed by atoms with Crippen LogP contribution in [0.2, 0.25) is 0 Å². The maximum Gasteiger partial charge on any atom is 0.260 e. The molecule has 0 bridgehead atoms. The summed E-state index contributed by atoms with van der Waals surface area (Å²) in [7, 11) is 0. The average Bonchev–Trinajstić information content (AvgIpc) is 3.17. The molecule has 4 aromatic rings. The van der Waals surface area contributed by atoms with Crippen LogP contribution in [0.5, 0.6) is 0 Å². The number of pyridine rings is 1. The first kappa shape index (κ1) is 18.4. The predicted octanol–water partition coefficient (Wildman–Crippen LogP) is 4.97. The number of amides is 1. The first-order valence-corrected chi connectivity index (χ1v) is 9.25. The summed E-state index contributed by atoms with van der Waals surface area (Å²) in [6, 6.07) is 23.1. The molecule has 0 fully saturated rings. The standard InChI is InChI=1S/C23H20N4O2/c1-17-12-22(26-29-17)25-20-13-19(14-24-15-20)23(28)27(21-10-6-3-7-11-21)16-18-8-4-2-5-9-18/h2-15H,16H2,1H3,(H,25,26). The second-order valence-corrected chi connectivity index (χ2v) is 6.62. The Morgan fingerprint density at radius 1 is 1.00 bits per heavy atom. The minimum absolute atomic E-state index is 0.132. The molecule has 4 rings (SSSR count). The molecule has 2 aromatic heterocycles. The molecule has 29 heavy (non-hydrogen) atoms. The van der Waals surface area contributed by atoms with E-state index in [1.807, 2.05) is 67.6 Å². The highest BCUT2D eigenvalue weighted by molar-refractivity contribution is 6.06. The van der Waals surface area contributed by atoms with Gasteiger partial charge in [0.05, 0.1) is 24.0 Å². The zero-order valence-electron chi connectivity index (χ0n) is 15.9. The van der Waals surface area contributed by atoms with Gasteiger partial charge in [0.1, 0.15) is 5.76 Å². The number of aromatic nitrogens is 2. The summed E-state index contributed by atoms with van der Waals surface area (Å²) in [4.78, 5) is 19.4. The zero-order valence-corrected chi connectivity index (χ0v) is 15.9. The highest BCUT2D eigenvalue weighted by Gasteiger charge is 2.19. The number of para-hydroxylation sites is 1. The van der Waals surface area contributed by atoms with Gasteiger partial charge in [0.25, 0.3) is 5.91 Å². The number of hydrogen-bond acceptors (Lipinski definition) is 5. The molecular formula is C23H20N4O2. The second kappa shape index (κ2) is 8.39. The van der Waals surface area contributed by atoms with Crippen LogP contribution >= 0.6 is 0 Å². The molecule has 0 spiro atoms. The number of aryl methyl sites for hydroxylation is 1. The molecule has 2 heterocycles. The summed E-state index contributed by atoms with van der Waals surface area (Å²) in [5.74, 6) is 1.14. The summed E-state index contributed by atoms with van der Waals surface area (Å²) in [6.07, 6.45) is 3.22. The van der Waals surface area contributed by atoms with E-state index in [0.717, 1.165) is 11.3 Å². The van der Waals surface area contributed by atoms with Gasteiger partial charge in [0.2, 0.25) is 0 Å². The lowest BCUT2D eigenvalue weighted by atomic mass is 10.1. The van der Waals surface area contributed by atoms with Gasteiger partial charge in [-0.1, -0.05) is 53.7 Å². The molecule has 0 radical (unpaired) electrons. The van der Waals surface area contributed by atoms with Gasteiger partial charge in [-0.15, -0.1) is 0 Å². The Hall–Kier alpha value is -3.93. The van der Waals surface area contributed by atoms with E-state index in [1.165, 1.54) is 0 Å². The largest absolute Gasteiger partial charge is 0.360 e. The third-order valence-electron chi connectivity index (χ3n) is 4.38. The van der Waals surface area contributed by atoms with Crippen molar-refractivity contribution in [3.05, 3.63) is 102 Å². The van der Waals surface area contributed by atoms with Gasteiger partial charge >= 0.3 is 0 Å². The molecule has 6 heteroatoms. The summed E-state index contributed by atoms with van der Waals surface area (Å²) in [5, 5.41) is 7.03.